The van der Waals surface area contributed by atoms with Crippen LogP contribution in [0.15, 0.2) is 24.6 Å². The lowest BCUT2D eigenvalue weighted by Crippen LogP contribution is -2.53. The van der Waals surface area contributed by atoms with Crippen LogP contribution in [0, 0.1) is 11.8 Å². The number of aldehydes is 1. The van der Waals surface area contributed by atoms with Crippen LogP contribution in [-0.4, -0.2) is 71.9 Å². The van der Waals surface area contributed by atoms with Crippen LogP contribution in [0.5, 0.6) is 0 Å². The fourth-order valence-corrected chi connectivity index (χ4v) is 4.70. The number of alkyl halides is 1. The number of rotatable bonds is 11. The summed E-state index contributed by atoms with van der Waals surface area (Å²) in [6.07, 6.45) is 13.3. The van der Waals surface area contributed by atoms with Crippen LogP contribution < -0.4 is 10.6 Å². The van der Waals surface area contributed by atoms with Crippen molar-refractivity contribution in [3.8, 4) is 0 Å². The lowest BCUT2D eigenvalue weighted by Gasteiger charge is -2.36. The molecule has 2 fully saturated rings. The number of amides is 1. The van der Waals surface area contributed by atoms with E-state index >= 15 is 0 Å². The van der Waals surface area contributed by atoms with Crippen molar-refractivity contribution in [3.05, 3.63) is 24.6 Å². The van der Waals surface area contributed by atoms with E-state index in [9.17, 15) is 19.2 Å². The summed E-state index contributed by atoms with van der Waals surface area (Å²) < 4.78 is 6.10. The normalized spacial score (nSPS) is 20.0. The number of hydrogen-bond acceptors (Lipinski definition) is 7. The van der Waals surface area contributed by atoms with Crippen LogP contribution in [0.3, 0.4) is 0 Å². The summed E-state index contributed by atoms with van der Waals surface area (Å²) in [4.78, 5) is 47.9. The van der Waals surface area contributed by atoms with E-state index < -0.39 is 5.78 Å². The van der Waals surface area contributed by atoms with Crippen LogP contribution in [0.25, 0.3) is 0 Å². The van der Waals surface area contributed by atoms with Crippen LogP contribution >= 0.6 is 11.6 Å². The summed E-state index contributed by atoms with van der Waals surface area (Å²) in [5, 5.41) is 6.12. The SMILES string of the molecule is C=CCC.CC/C=C(\NC(C(=O)N1CCC(C)C1C=O)C1CCCCC1)OC(C)(C)C.CCCl.CNC(C)C(=O)C(C)=O. The molecule has 1 saturated carbocycles. The zero-order valence-electron chi connectivity index (χ0n) is 28.8. The van der Waals surface area contributed by atoms with Crippen molar-refractivity contribution >= 4 is 35.4 Å². The number of halogens is 1. The number of likely N-dealkylation sites (tertiary alicyclic amines) is 1. The van der Waals surface area contributed by atoms with Crippen molar-refractivity contribution in [2.45, 2.75) is 137 Å². The molecule has 2 N–H and O–H groups in total. The van der Waals surface area contributed by atoms with Gasteiger partial charge < -0.3 is 25.1 Å². The molecule has 2 aliphatic rings. The Morgan fingerprint density at radius 1 is 1.07 bits per heavy atom. The van der Waals surface area contributed by atoms with Gasteiger partial charge in [-0.3, -0.25) is 14.4 Å². The number of ketones is 2. The lowest BCUT2D eigenvalue weighted by atomic mass is 9.83. The third-order valence-corrected chi connectivity index (χ3v) is 7.14. The Morgan fingerprint density at radius 2 is 1.60 bits per heavy atom. The van der Waals surface area contributed by atoms with Crippen molar-refractivity contribution in [1.82, 2.24) is 15.5 Å². The fourth-order valence-electron chi connectivity index (χ4n) is 4.70. The molecule has 9 heteroatoms. The Kier molecular flexibility index (Phi) is 24.1. The van der Waals surface area contributed by atoms with Crippen molar-refractivity contribution in [1.29, 1.82) is 0 Å². The largest absolute Gasteiger partial charge is 0.474 e. The third-order valence-electron chi connectivity index (χ3n) is 7.14. The minimum atomic E-state index is -0.392. The molecule has 0 radical (unpaired) electrons. The molecule has 8 nitrogen and oxygen atoms in total. The first-order chi connectivity index (χ1) is 20.2. The Bertz CT molecular complexity index is 849. The van der Waals surface area contributed by atoms with E-state index in [1.54, 1.807) is 18.9 Å². The molecule has 0 aromatic heterocycles. The van der Waals surface area contributed by atoms with Gasteiger partial charge >= 0.3 is 0 Å². The standard InChI is InChI=1S/C22H38N2O3.C6H11NO2.C4H8.C2H5Cl/c1-6-10-19(27-22(3,4)5)23-20(17-11-8-7-9-12-17)21(26)24-14-13-16(2)18(24)15-25;1-4(7-3)6(9)5(2)8;1-3-4-2;1-2-3/h10,15-18,20,23H,6-9,11-14H2,1-5H3;4,7H,1-3H3;3H,1,4H2,2H3;2H2,1H3/b19-10+;;;. The predicted molar refractivity (Wildman–Crippen MR) is 179 cm³/mol. The molecule has 250 valence electrons. The first kappa shape index (κ1) is 42.9. The van der Waals surface area contributed by atoms with Crippen molar-refractivity contribution in [2.75, 3.05) is 19.5 Å². The van der Waals surface area contributed by atoms with Gasteiger partial charge in [0.2, 0.25) is 11.7 Å². The lowest BCUT2D eigenvalue weighted by molar-refractivity contribution is -0.139. The molecule has 4 unspecified atom stereocenters. The van der Waals surface area contributed by atoms with Gasteiger partial charge in [-0.05, 0) is 84.8 Å². The summed E-state index contributed by atoms with van der Waals surface area (Å²) in [5.74, 6) is 1.23. The molecule has 2 rings (SSSR count). The first-order valence-corrected chi connectivity index (χ1v) is 16.5. The van der Waals surface area contributed by atoms with Gasteiger partial charge in [-0.2, -0.15) is 0 Å². The van der Waals surface area contributed by atoms with Crippen LogP contribution in [0.1, 0.15) is 114 Å². The van der Waals surface area contributed by atoms with E-state index in [1.807, 2.05) is 39.8 Å². The van der Waals surface area contributed by atoms with Gasteiger partial charge in [-0.15, -0.1) is 18.2 Å². The average molecular weight is 628 g/mol. The second-order valence-corrected chi connectivity index (χ2v) is 12.6. The Labute approximate surface area is 267 Å². The molecule has 1 aliphatic carbocycles. The summed E-state index contributed by atoms with van der Waals surface area (Å²) >= 11 is 5.00. The molecule has 1 amide bonds. The monoisotopic (exact) mass is 627 g/mol. The molecule has 1 aliphatic heterocycles. The first-order valence-electron chi connectivity index (χ1n) is 16.0. The molecular weight excluding hydrogens is 566 g/mol. The topological polar surface area (TPSA) is 105 Å². The van der Waals surface area contributed by atoms with Gasteiger partial charge in [0.15, 0.2) is 11.7 Å². The maximum Gasteiger partial charge on any atom is 0.246 e. The Balaban J connectivity index is 0. The molecular formula is C34H62ClN3O5. The van der Waals surface area contributed by atoms with E-state index in [0.29, 0.717) is 18.3 Å². The Morgan fingerprint density at radius 3 is 1.98 bits per heavy atom. The second-order valence-electron chi connectivity index (χ2n) is 12.0. The van der Waals surface area contributed by atoms with Gasteiger partial charge in [0.25, 0.3) is 0 Å². The van der Waals surface area contributed by atoms with E-state index in [-0.39, 0.29) is 41.3 Å². The van der Waals surface area contributed by atoms with Crippen LogP contribution in [0.2, 0.25) is 0 Å². The van der Waals surface area contributed by atoms with Crippen LogP contribution in [0.4, 0.5) is 0 Å². The minimum Gasteiger partial charge on any atom is -0.474 e. The number of allylic oxidation sites excluding steroid dienone is 2. The quantitative estimate of drug-likeness (QED) is 0.0873. The average Bonchev–Trinajstić information content (AvgIpc) is 3.35. The molecule has 0 aromatic carbocycles. The van der Waals surface area contributed by atoms with Gasteiger partial charge in [0.1, 0.15) is 17.9 Å². The highest BCUT2D eigenvalue weighted by molar-refractivity contribution is 6.38. The van der Waals surface area contributed by atoms with Gasteiger partial charge in [-0.25, -0.2) is 0 Å². The third kappa shape index (κ3) is 18.3. The summed E-state index contributed by atoms with van der Waals surface area (Å²) in [5.41, 5.74) is -0.332. The van der Waals surface area contributed by atoms with E-state index in [2.05, 4.69) is 38.0 Å². The van der Waals surface area contributed by atoms with Gasteiger partial charge in [0.05, 0.1) is 12.1 Å². The highest BCUT2D eigenvalue weighted by Gasteiger charge is 2.40. The number of nitrogens with zero attached hydrogens (tertiary/aromatic N) is 1. The Hall–Kier alpha value is -2.19. The maximum absolute atomic E-state index is 13.5. The number of nitrogens with one attached hydrogen (secondary N) is 2. The number of carbonyl (C=O) groups excluding carboxylic acids is 4. The smallest absolute Gasteiger partial charge is 0.246 e. The fraction of sp³-hybridized carbons (Fsp3) is 0.765. The minimum absolute atomic E-state index is 0.0582. The van der Waals surface area contributed by atoms with Gasteiger partial charge in [-0.1, -0.05) is 53.0 Å². The number of likely N-dealkylation sites (N-methyl/N-ethyl adjacent to an activating group) is 1. The van der Waals surface area contributed by atoms with Crippen LogP contribution in [-0.2, 0) is 23.9 Å². The molecule has 1 saturated heterocycles. The number of hydrogen-bond donors (Lipinski definition) is 2. The number of ether oxygens (including phenoxy) is 1. The zero-order chi connectivity index (χ0) is 33.6. The van der Waals surface area contributed by atoms with Crippen molar-refractivity contribution < 1.29 is 23.9 Å². The van der Waals surface area contributed by atoms with E-state index in [4.69, 9.17) is 16.3 Å². The van der Waals surface area contributed by atoms with Crippen molar-refractivity contribution in [2.24, 2.45) is 11.8 Å². The molecule has 1 heterocycles. The molecule has 0 bridgehead atoms. The highest BCUT2D eigenvalue weighted by Crippen LogP contribution is 2.31. The maximum atomic E-state index is 13.5. The highest BCUT2D eigenvalue weighted by atomic mass is 35.5. The van der Waals surface area contributed by atoms with Gasteiger partial charge in [0, 0.05) is 19.3 Å². The number of Topliss-reactive ketones (excluding diaryl/α,β-unsaturated/α-hetero) is 2. The predicted octanol–water partition coefficient (Wildman–Crippen LogP) is 6.61. The number of carbonyl (C=O) groups is 4. The van der Waals surface area contributed by atoms with Crippen molar-refractivity contribution in [3.63, 3.8) is 0 Å². The molecule has 43 heavy (non-hydrogen) atoms. The van der Waals surface area contributed by atoms with E-state index in [0.717, 1.165) is 57.1 Å². The second kappa shape index (κ2) is 24.2. The molecule has 4 atom stereocenters. The summed E-state index contributed by atoms with van der Waals surface area (Å²) in [7, 11) is 1.64. The molecule has 0 spiro atoms. The zero-order valence-corrected chi connectivity index (χ0v) is 29.5. The van der Waals surface area contributed by atoms with E-state index in [1.165, 1.54) is 13.3 Å². The molecule has 0 aromatic rings. The summed E-state index contributed by atoms with van der Waals surface area (Å²) in [6.45, 7) is 21.2. The summed E-state index contributed by atoms with van der Waals surface area (Å²) in [6, 6.07) is -0.965.